The fourth-order valence-electron chi connectivity index (χ4n) is 2.18. The van der Waals surface area contributed by atoms with Gasteiger partial charge in [-0.15, -0.1) is 0 Å². The van der Waals surface area contributed by atoms with Crippen LogP contribution < -0.4 is 5.56 Å². The van der Waals surface area contributed by atoms with E-state index in [9.17, 15) is 18.7 Å². The topological polar surface area (TPSA) is 66.0 Å². The zero-order valence-electron chi connectivity index (χ0n) is 11.5. The van der Waals surface area contributed by atoms with Gasteiger partial charge in [0.05, 0.1) is 5.56 Å². The van der Waals surface area contributed by atoms with Crippen molar-refractivity contribution in [2.24, 2.45) is 0 Å². The van der Waals surface area contributed by atoms with Crippen LogP contribution in [-0.2, 0) is 0 Å². The number of rotatable bonds is 2. The first-order chi connectivity index (χ1) is 11.0. The summed E-state index contributed by atoms with van der Waals surface area (Å²) in [6.45, 7) is 0. The predicted molar refractivity (Wildman–Crippen MR) is 85.0 cm³/mol. The molecule has 23 heavy (non-hydrogen) atoms. The molecule has 3 aromatic rings. The number of aromatic hydroxyl groups is 1. The van der Waals surface area contributed by atoms with Gasteiger partial charge in [-0.05, 0) is 29.8 Å². The van der Waals surface area contributed by atoms with Gasteiger partial charge >= 0.3 is 0 Å². The molecule has 4 nitrogen and oxygen atoms in total. The molecule has 0 radical (unpaired) electrons. The number of nitrogens with one attached hydrogen (secondary N) is 1. The van der Waals surface area contributed by atoms with Gasteiger partial charge in [0.1, 0.15) is 23.0 Å². The second-order valence-electron chi connectivity index (χ2n) is 4.72. The molecule has 0 amide bonds. The molecular weight excluding hydrogens is 370 g/mol. The summed E-state index contributed by atoms with van der Waals surface area (Å²) in [5.74, 6) is -2.74. The zero-order chi connectivity index (χ0) is 16.6. The van der Waals surface area contributed by atoms with E-state index in [0.29, 0.717) is 5.56 Å². The summed E-state index contributed by atoms with van der Waals surface area (Å²) in [4.78, 5) is 18.3. The Bertz CT molecular complexity index is 920. The summed E-state index contributed by atoms with van der Waals surface area (Å²) in [7, 11) is 0. The first kappa shape index (κ1) is 15.4. The second-order valence-corrected chi connectivity index (χ2v) is 5.63. The molecule has 7 heteroatoms. The summed E-state index contributed by atoms with van der Waals surface area (Å²) >= 11 is 3.27. The molecule has 0 unspecified atom stereocenters. The lowest BCUT2D eigenvalue weighted by Crippen LogP contribution is -2.13. The van der Waals surface area contributed by atoms with Crippen LogP contribution in [0.1, 0.15) is 0 Å². The van der Waals surface area contributed by atoms with Gasteiger partial charge in [0.2, 0.25) is 5.88 Å². The van der Waals surface area contributed by atoms with Crippen molar-refractivity contribution in [1.82, 2.24) is 9.97 Å². The van der Waals surface area contributed by atoms with Crippen molar-refractivity contribution < 1.29 is 13.9 Å². The molecule has 0 atom stereocenters. The van der Waals surface area contributed by atoms with Crippen molar-refractivity contribution >= 4 is 15.9 Å². The Morgan fingerprint density at radius 3 is 2.17 bits per heavy atom. The van der Waals surface area contributed by atoms with Gasteiger partial charge in [0.15, 0.2) is 0 Å². The van der Waals surface area contributed by atoms with E-state index in [4.69, 9.17) is 0 Å². The Labute approximate surface area is 137 Å². The van der Waals surface area contributed by atoms with Crippen molar-refractivity contribution in [3.63, 3.8) is 0 Å². The average Bonchev–Trinajstić information content (AvgIpc) is 2.48. The minimum atomic E-state index is -0.885. The molecule has 0 aliphatic rings. The third-order valence-electron chi connectivity index (χ3n) is 3.23. The molecule has 0 fully saturated rings. The Hall–Kier alpha value is -2.54. The number of aromatic nitrogens is 2. The minimum Gasteiger partial charge on any atom is -0.493 e. The van der Waals surface area contributed by atoms with Gasteiger partial charge in [-0.2, -0.15) is 4.98 Å². The van der Waals surface area contributed by atoms with Crippen molar-refractivity contribution in [2.45, 2.75) is 0 Å². The first-order valence-electron chi connectivity index (χ1n) is 6.51. The summed E-state index contributed by atoms with van der Waals surface area (Å²) in [5, 5.41) is 10.1. The van der Waals surface area contributed by atoms with E-state index in [2.05, 4.69) is 25.9 Å². The lowest BCUT2D eigenvalue weighted by Gasteiger charge is -2.08. The summed E-state index contributed by atoms with van der Waals surface area (Å²) in [6, 6.07) is 9.88. The highest BCUT2D eigenvalue weighted by Crippen LogP contribution is 2.28. The standard InChI is InChI=1S/C16H9BrF2N2O2/c17-9-6-4-8(5-7-9)12-15(22)20-14(21-16(12)23)13-10(18)2-1-3-11(13)19/h1-7H,(H2,20,21,22,23). The molecule has 0 bridgehead atoms. The summed E-state index contributed by atoms with van der Waals surface area (Å²) in [5.41, 5.74) is -0.835. The Morgan fingerprint density at radius 2 is 1.61 bits per heavy atom. The molecule has 116 valence electrons. The van der Waals surface area contributed by atoms with Crippen LogP contribution in [0.2, 0.25) is 0 Å². The SMILES string of the molecule is O=c1[nH]c(-c2c(F)cccc2F)nc(O)c1-c1ccc(Br)cc1. The maximum atomic E-state index is 13.8. The van der Waals surface area contributed by atoms with Crippen LogP contribution in [-0.4, -0.2) is 15.1 Å². The quantitative estimate of drug-likeness (QED) is 0.711. The third kappa shape index (κ3) is 2.87. The van der Waals surface area contributed by atoms with Crippen LogP contribution in [0.3, 0.4) is 0 Å². The summed E-state index contributed by atoms with van der Waals surface area (Å²) < 4.78 is 28.4. The number of aromatic amines is 1. The minimum absolute atomic E-state index is 0.0713. The lowest BCUT2D eigenvalue weighted by atomic mass is 10.1. The van der Waals surface area contributed by atoms with Gasteiger partial charge < -0.3 is 10.1 Å². The normalized spacial score (nSPS) is 10.7. The highest BCUT2D eigenvalue weighted by Gasteiger charge is 2.18. The van der Waals surface area contributed by atoms with E-state index >= 15 is 0 Å². The lowest BCUT2D eigenvalue weighted by molar-refractivity contribution is 0.454. The largest absolute Gasteiger partial charge is 0.493 e. The van der Waals surface area contributed by atoms with Crippen LogP contribution in [0, 0.1) is 11.6 Å². The van der Waals surface area contributed by atoms with E-state index < -0.39 is 28.6 Å². The van der Waals surface area contributed by atoms with Crippen molar-refractivity contribution in [1.29, 1.82) is 0 Å². The molecule has 2 N–H and O–H groups in total. The first-order valence-corrected chi connectivity index (χ1v) is 7.30. The molecule has 3 rings (SSSR count). The smallest absolute Gasteiger partial charge is 0.262 e. The van der Waals surface area contributed by atoms with Gasteiger partial charge in [-0.1, -0.05) is 34.1 Å². The van der Waals surface area contributed by atoms with Gasteiger partial charge in [-0.25, -0.2) is 8.78 Å². The maximum absolute atomic E-state index is 13.8. The summed E-state index contributed by atoms with van der Waals surface area (Å²) in [6.07, 6.45) is 0. The molecule has 2 aromatic carbocycles. The van der Waals surface area contributed by atoms with Gasteiger partial charge in [0.25, 0.3) is 5.56 Å². The monoisotopic (exact) mass is 378 g/mol. The highest BCUT2D eigenvalue weighted by atomic mass is 79.9. The Morgan fingerprint density at radius 1 is 1.00 bits per heavy atom. The van der Waals surface area contributed by atoms with E-state index in [1.165, 1.54) is 6.07 Å². The molecule has 1 heterocycles. The number of hydrogen-bond acceptors (Lipinski definition) is 3. The molecule has 0 aliphatic heterocycles. The number of benzene rings is 2. The number of halogens is 3. The van der Waals surface area contributed by atoms with Crippen molar-refractivity contribution in [3.05, 3.63) is 68.9 Å². The van der Waals surface area contributed by atoms with E-state index in [0.717, 1.165) is 16.6 Å². The molecule has 0 saturated carbocycles. The van der Waals surface area contributed by atoms with Crippen molar-refractivity contribution in [2.75, 3.05) is 0 Å². The van der Waals surface area contributed by atoms with E-state index in [1.54, 1.807) is 24.3 Å². The van der Waals surface area contributed by atoms with Crippen LogP contribution >= 0.6 is 15.9 Å². The highest BCUT2D eigenvalue weighted by molar-refractivity contribution is 9.10. The van der Waals surface area contributed by atoms with Crippen LogP contribution in [0.4, 0.5) is 8.78 Å². The number of H-pyrrole nitrogens is 1. The van der Waals surface area contributed by atoms with Crippen LogP contribution in [0.25, 0.3) is 22.5 Å². The Kier molecular flexibility index (Phi) is 3.96. The Balaban J connectivity index is 2.19. The maximum Gasteiger partial charge on any atom is 0.262 e. The molecule has 1 aromatic heterocycles. The predicted octanol–water partition coefficient (Wildman–Crippen LogP) is 3.85. The van der Waals surface area contributed by atoms with E-state index in [1.807, 2.05) is 0 Å². The number of nitrogens with zero attached hydrogens (tertiary/aromatic N) is 1. The molecule has 0 aliphatic carbocycles. The molecule has 0 spiro atoms. The van der Waals surface area contributed by atoms with Crippen LogP contribution in [0.5, 0.6) is 5.88 Å². The number of hydrogen-bond donors (Lipinski definition) is 2. The zero-order valence-corrected chi connectivity index (χ0v) is 13.1. The second kappa shape index (κ2) is 5.92. The fourth-order valence-corrected chi connectivity index (χ4v) is 2.44. The third-order valence-corrected chi connectivity index (χ3v) is 3.76. The van der Waals surface area contributed by atoms with Gasteiger partial charge in [-0.3, -0.25) is 4.79 Å². The molecular formula is C16H9BrF2N2O2. The van der Waals surface area contributed by atoms with Crippen LogP contribution in [0.15, 0.2) is 51.7 Å². The molecule has 0 saturated heterocycles. The van der Waals surface area contributed by atoms with Crippen molar-refractivity contribution in [3.8, 4) is 28.4 Å². The average molecular weight is 379 g/mol. The fraction of sp³-hybridized carbons (Fsp3) is 0. The van der Waals surface area contributed by atoms with E-state index in [-0.39, 0.29) is 11.4 Å². The van der Waals surface area contributed by atoms with Gasteiger partial charge in [0, 0.05) is 4.47 Å².